The first kappa shape index (κ1) is 17.6. The van der Waals surface area contributed by atoms with Gasteiger partial charge in [0.1, 0.15) is 0 Å². The van der Waals surface area contributed by atoms with Gasteiger partial charge in [-0.1, -0.05) is 41.6 Å². The molecule has 4 rings (SSSR count). The number of benzene rings is 2. The van der Waals surface area contributed by atoms with Crippen LogP contribution in [0.5, 0.6) is 0 Å². The Morgan fingerprint density at radius 2 is 1.96 bits per heavy atom. The highest BCUT2D eigenvalue weighted by molar-refractivity contribution is 6.62. The van der Waals surface area contributed by atoms with Crippen LogP contribution in [0.1, 0.15) is 41.2 Å². The molecule has 0 aliphatic carbocycles. The number of carbonyl (C=O) groups excluding carboxylic acids is 1. The van der Waals surface area contributed by atoms with E-state index in [1.165, 1.54) is 0 Å². The summed E-state index contributed by atoms with van der Waals surface area (Å²) in [6, 6.07) is 15.2. The predicted octanol–water partition coefficient (Wildman–Crippen LogP) is 1.95. The molecule has 1 aliphatic rings. The summed E-state index contributed by atoms with van der Waals surface area (Å²) in [4.78, 5) is 12.8. The summed E-state index contributed by atoms with van der Waals surface area (Å²) in [5.41, 5.74) is 3.86. The van der Waals surface area contributed by atoms with Crippen molar-refractivity contribution in [3.05, 3.63) is 71.0 Å². The number of fused-ring (bicyclic) bond motifs is 1. The summed E-state index contributed by atoms with van der Waals surface area (Å²) in [6.07, 6.45) is 0.189. The maximum Gasteiger partial charge on any atom is 0.492 e. The predicted molar refractivity (Wildman–Crippen MR) is 102 cm³/mol. The summed E-state index contributed by atoms with van der Waals surface area (Å²) >= 11 is 0. The van der Waals surface area contributed by atoms with E-state index in [9.17, 15) is 9.82 Å². The Balaban J connectivity index is 1.59. The minimum Gasteiger partial charge on any atom is -0.423 e. The molecule has 3 aromatic rings. The van der Waals surface area contributed by atoms with Gasteiger partial charge in [-0.05, 0) is 49.5 Å². The Morgan fingerprint density at radius 1 is 1.22 bits per heavy atom. The van der Waals surface area contributed by atoms with Crippen LogP contribution < -0.4 is 5.46 Å². The van der Waals surface area contributed by atoms with Crippen molar-refractivity contribution in [2.24, 2.45) is 0 Å². The third-order valence-electron chi connectivity index (χ3n) is 4.96. The molecule has 0 saturated carbocycles. The first-order valence-electron chi connectivity index (χ1n) is 8.87. The summed E-state index contributed by atoms with van der Waals surface area (Å²) < 4.78 is 7.24. The number of para-hydroxylation sites is 1. The summed E-state index contributed by atoms with van der Waals surface area (Å²) in [6.45, 7) is 5.67. The van der Waals surface area contributed by atoms with Crippen molar-refractivity contribution in [3.8, 4) is 5.69 Å². The van der Waals surface area contributed by atoms with Crippen molar-refractivity contribution in [1.82, 2.24) is 15.0 Å². The molecule has 2 heterocycles. The van der Waals surface area contributed by atoms with Crippen LogP contribution in [-0.2, 0) is 16.7 Å². The van der Waals surface area contributed by atoms with E-state index in [0.29, 0.717) is 11.4 Å². The van der Waals surface area contributed by atoms with E-state index in [2.05, 4.69) is 10.3 Å². The molecule has 27 heavy (non-hydrogen) atoms. The van der Waals surface area contributed by atoms with E-state index >= 15 is 0 Å². The zero-order chi connectivity index (χ0) is 19.2. The van der Waals surface area contributed by atoms with Gasteiger partial charge in [0.15, 0.2) is 11.5 Å². The number of hydrogen-bond acceptors (Lipinski definition) is 5. The quantitative estimate of drug-likeness (QED) is 0.568. The molecule has 7 heteroatoms. The fraction of sp³-hybridized carbons (Fsp3) is 0.250. The molecule has 1 aromatic heterocycles. The molecule has 0 unspecified atom stereocenters. The molecule has 136 valence electrons. The van der Waals surface area contributed by atoms with Crippen molar-refractivity contribution in [2.75, 3.05) is 0 Å². The van der Waals surface area contributed by atoms with Gasteiger partial charge < -0.3 is 9.68 Å². The van der Waals surface area contributed by atoms with Crippen LogP contribution in [0.2, 0.25) is 0 Å². The molecule has 0 bridgehead atoms. The van der Waals surface area contributed by atoms with Crippen LogP contribution in [0.15, 0.2) is 48.5 Å². The lowest BCUT2D eigenvalue weighted by atomic mass is 9.77. The molecular weight excluding hydrogens is 341 g/mol. The maximum absolute atomic E-state index is 12.8. The molecule has 0 atom stereocenters. The van der Waals surface area contributed by atoms with E-state index in [1.807, 2.05) is 69.3 Å². The summed E-state index contributed by atoms with van der Waals surface area (Å²) in [5.74, 6) is -0.109. The van der Waals surface area contributed by atoms with Crippen molar-refractivity contribution in [1.29, 1.82) is 0 Å². The highest BCUT2D eigenvalue weighted by Gasteiger charge is 2.40. The van der Waals surface area contributed by atoms with Gasteiger partial charge >= 0.3 is 7.12 Å². The molecule has 0 saturated heterocycles. The second-order valence-electron chi connectivity index (χ2n) is 7.27. The van der Waals surface area contributed by atoms with Crippen LogP contribution in [0.3, 0.4) is 0 Å². The number of rotatable bonds is 4. The van der Waals surface area contributed by atoms with E-state index in [4.69, 9.17) is 4.65 Å². The van der Waals surface area contributed by atoms with Crippen LogP contribution >= 0.6 is 0 Å². The minimum atomic E-state index is -0.967. The monoisotopic (exact) mass is 361 g/mol. The highest BCUT2D eigenvalue weighted by Crippen LogP contribution is 2.30. The Morgan fingerprint density at radius 3 is 2.70 bits per heavy atom. The normalized spacial score (nSPS) is 15.0. The second-order valence-corrected chi connectivity index (χ2v) is 7.27. The summed E-state index contributed by atoms with van der Waals surface area (Å²) in [5, 5.41) is 18.3. The van der Waals surface area contributed by atoms with Crippen LogP contribution in [0, 0.1) is 6.92 Å². The van der Waals surface area contributed by atoms with E-state index in [0.717, 1.165) is 22.3 Å². The van der Waals surface area contributed by atoms with Gasteiger partial charge in [0.05, 0.1) is 17.0 Å². The molecule has 1 N–H and O–H groups in total. The number of carbonyl (C=O) groups is 1. The smallest absolute Gasteiger partial charge is 0.423 e. The zero-order valence-corrected chi connectivity index (χ0v) is 15.5. The number of ketones is 1. The van der Waals surface area contributed by atoms with Gasteiger partial charge in [-0.3, -0.25) is 4.79 Å². The molecule has 6 nitrogen and oxygen atoms in total. The van der Waals surface area contributed by atoms with Gasteiger partial charge in [-0.2, -0.15) is 0 Å². The fourth-order valence-electron chi connectivity index (χ4n) is 3.55. The molecule has 2 aromatic carbocycles. The second kappa shape index (κ2) is 6.44. The number of Topliss-reactive ketones (excluding diaryl/α,β-unsaturated/α-hetero) is 1. The van der Waals surface area contributed by atoms with Gasteiger partial charge in [-0.25, -0.2) is 4.68 Å². The fourth-order valence-corrected chi connectivity index (χ4v) is 3.55. The first-order valence-corrected chi connectivity index (χ1v) is 8.87. The topological polar surface area (TPSA) is 77.2 Å². The lowest BCUT2D eigenvalue weighted by Crippen LogP contribution is -2.29. The van der Waals surface area contributed by atoms with Crippen LogP contribution in [-0.4, -0.2) is 32.9 Å². The zero-order valence-electron chi connectivity index (χ0n) is 15.5. The molecule has 1 aliphatic heterocycles. The average Bonchev–Trinajstić information content (AvgIpc) is 3.13. The van der Waals surface area contributed by atoms with Gasteiger partial charge in [0.2, 0.25) is 0 Å². The largest absolute Gasteiger partial charge is 0.492 e. The lowest BCUT2D eigenvalue weighted by Gasteiger charge is -2.19. The lowest BCUT2D eigenvalue weighted by molar-refractivity contribution is 0.0986. The van der Waals surface area contributed by atoms with Crippen molar-refractivity contribution >= 4 is 18.4 Å². The highest BCUT2D eigenvalue weighted by atomic mass is 16.5. The average molecular weight is 361 g/mol. The van der Waals surface area contributed by atoms with E-state index in [1.54, 1.807) is 4.68 Å². The first-order chi connectivity index (χ1) is 12.9. The molecule has 0 fully saturated rings. The number of hydrogen-bond donors (Lipinski definition) is 1. The molecule has 0 radical (unpaired) electrons. The van der Waals surface area contributed by atoms with Gasteiger partial charge in [0, 0.05) is 6.42 Å². The Kier molecular flexibility index (Phi) is 4.21. The van der Waals surface area contributed by atoms with E-state index < -0.39 is 12.7 Å². The van der Waals surface area contributed by atoms with Crippen molar-refractivity contribution < 1.29 is 14.5 Å². The molecule has 0 spiro atoms. The summed E-state index contributed by atoms with van der Waals surface area (Å²) in [7, 11) is -0.967. The Labute approximate surface area is 157 Å². The number of aromatic nitrogens is 3. The van der Waals surface area contributed by atoms with Crippen LogP contribution in [0.4, 0.5) is 0 Å². The SMILES string of the molecule is Cc1c(C(=O)Cc2ccc3c(c2)B(O)OC3(C)C)nnn1-c1ccccc1. The Bertz CT molecular complexity index is 1010. The number of nitrogens with zero attached hydrogens (tertiary/aromatic N) is 3. The minimum absolute atomic E-state index is 0.109. The molecule has 0 amide bonds. The van der Waals surface area contributed by atoms with Gasteiger partial charge in [0.25, 0.3) is 0 Å². The third-order valence-corrected chi connectivity index (χ3v) is 4.96. The molecular formula is C20H20BN3O3. The standard InChI is InChI=1S/C20H20BN3O3/c1-13-19(22-23-24(13)15-7-5-4-6-8-15)18(25)12-14-9-10-16-17(11-14)21(26)27-20(16,2)3/h4-11,26H,12H2,1-3H3. The van der Waals surface area contributed by atoms with Crippen LogP contribution in [0.25, 0.3) is 5.69 Å². The van der Waals surface area contributed by atoms with Crippen molar-refractivity contribution in [2.45, 2.75) is 32.8 Å². The Hall–Kier alpha value is -2.77. The van der Waals surface area contributed by atoms with Crippen molar-refractivity contribution in [3.63, 3.8) is 0 Å². The van der Waals surface area contributed by atoms with Gasteiger partial charge in [-0.15, -0.1) is 5.10 Å². The maximum atomic E-state index is 12.8. The van der Waals surface area contributed by atoms with E-state index in [-0.39, 0.29) is 12.2 Å². The third kappa shape index (κ3) is 3.09.